The Hall–Kier alpha value is -2.11. The van der Waals surface area contributed by atoms with E-state index < -0.39 is 0 Å². The van der Waals surface area contributed by atoms with Crippen LogP contribution in [0.15, 0.2) is 23.5 Å². The van der Waals surface area contributed by atoms with Crippen LogP contribution in [0, 0.1) is 5.92 Å². The van der Waals surface area contributed by atoms with Crippen molar-refractivity contribution >= 4 is 11.7 Å². The molecular weight excluding hydrogens is 256 g/mol. The molecular formula is C14H22N4O2. The second-order valence-corrected chi connectivity index (χ2v) is 4.76. The Labute approximate surface area is 119 Å². The molecule has 110 valence electrons. The lowest BCUT2D eigenvalue weighted by Gasteiger charge is -2.22. The van der Waals surface area contributed by atoms with Crippen molar-refractivity contribution in [2.75, 3.05) is 0 Å². The highest BCUT2D eigenvalue weighted by atomic mass is 16.4. The highest BCUT2D eigenvalue weighted by molar-refractivity contribution is 5.98. The monoisotopic (exact) mass is 278 g/mol. The summed E-state index contributed by atoms with van der Waals surface area (Å²) in [5.41, 5.74) is 6.22. The summed E-state index contributed by atoms with van der Waals surface area (Å²) >= 11 is 0. The average molecular weight is 278 g/mol. The first-order valence-electron chi connectivity index (χ1n) is 6.78. The van der Waals surface area contributed by atoms with E-state index in [0.29, 0.717) is 17.2 Å². The predicted octanol–water partition coefficient (Wildman–Crippen LogP) is 1.73. The molecule has 0 spiro atoms. The van der Waals surface area contributed by atoms with Crippen LogP contribution in [0.1, 0.15) is 49.7 Å². The van der Waals surface area contributed by atoms with Crippen LogP contribution in [0.4, 0.5) is 0 Å². The topological polar surface area (TPSA) is 101 Å². The van der Waals surface area contributed by atoms with Gasteiger partial charge in [0.15, 0.2) is 5.84 Å². The molecule has 1 atom stereocenters. The van der Waals surface area contributed by atoms with Gasteiger partial charge in [0.05, 0.1) is 0 Å². The Kier molecular flexibility index (Phi) is 5.96. The SMILES string of the molecule is CCC(CC)C(C)NC(=O)c1ccc(C(N)=NO)cn1. The molecule has 0 fully saturated rings. The van der Waals surface area contributed by atoms with Crippen molar-refractivity contribution in [1.29, 1.82) is 0 Å². The fraction of sp³-hybridized carbons (Fsp3) is 0.500. The molecule has 0 aliphatic carbocycles. The second kappa shape index (κ2) is 7.47. The number of amides is 1. The molecule has 0 aliphatic heterocycles. The molecule has 1 aromatic heterocycles. The molecule has 0 aromatic carbocycles. The largest absolute Gasteiger partial charge is 0.409 e. The van der Waals surface area contributed by atoms with Gasteiger partial charge >= 0.3 is 0 Å². The fourth-order valence-corrected chi connectivity index (χ4v) is 2.13. The van der Waals surface area contributed by atoms with Gasteiger partial charge in [0.2, 0.25) is 0 Å². The van der Waals surface area contributed by atoms with E-state index in [1.807, 2.05) is 6.92 Å². The van der Waals surface area contributed by atoms with E-state index in [9.17, 15) is 4.79 Å². The number of carbonyl (C=O) groups is 1. The Morgan fingerprint density at radius 1 is 1.45 bits per heavy atom. The number of amidine groups is 1. The molecule has 1 unspecified atom stereocenters. The van der Waals surface area contributed by atoms with Gasteiger partial charge < -0.3 is 16.3 Å². The Balaban J connectivity index is 2.73. The number of hydrogen-bond donors (Lipinski definition) is 3. The minimum absolute atomic E-state index is 0.0325. The van der Waals surface area contributed by atoms with E-state index in [1.54, 1.807) is 12.1 Å². The average Bonchev–Trinajstić information content (AvgIpc) is 2.47. The Morgan fingerprint density at radius 3 is 2.55 bits per heavy atom. The Morgan fingerprint density at radius 2 is 2.10 bits per heavy atom. The first kappa shape index (κ1) is 15.9. The summed E-state index contributed by atoms with van der Waals surface area (Å²) in [5.74, 6) is 0.209. The zero-order valence-corrected chi connectivity index (χ0v) is 12.1. The molecule has 20 heavy (non-hydrogen) atoms. The summed E-state index contributed by atoms with van der Waals surface area (Å²) in [6.07, 6.45) is 3.45. The van der Waals surface area contributed by atoms with Crippen LogP contribution in [0.3, 0.4) is 0 Å². The first-order chi connectivity index (χ1) is 9.53. The number of pyridine rings is 1. The van der Waals surface area contributed by atoms with Crippen LogP contribution in [0.25, 0.3) is 0 Å². The van der Waals surface area contributed by atoms with E-state index in [1.165, 1.54) is 6.20 Å². The summed E-state index contributed by atoms with van der Waals surface area (Å²) in [6, 6.07) is 3.25. The van der Waals surface area contributed by atoms with Crippen molar-refractivity contribution in [2.45, 2.75) is 39.7 Å². The Bertz CT molecular complexity index is 467. The number of oxime groups is 1. The number of carbonyl (C=O) groups excluding carboxylic acids is 1. The normalized spacial score (nSPS) is 13.3. The van der Waals surface area contributed by atoms with Gasteiger partial charge in [-0.25, -0.2) is 0 Å². The number of hydrogen-bond acceptors (Lipinski definition) is 4. The van der Waals surface area contributed by atoms with Crippen LogP contribution >= 0.6 is 0 Å². The molecule has 0 bridgehead atoms. The lowest BCUT2D eigenvalue weighted by atomic mass is 9.95. The minimum Gasteiger partial charge on any atom is -0.409 e. The summed E-state index contributed by atoms with van der Waals surface area (Å²) in [6.45, 7) is 6.22. The maximum Gasteiger partial charge on any atom is 0.270 e. The third-order valence-corrected chi connectivity index (χ3v) is 3.51. The summed E-state index contributed by atoms with van der Waals surface area (Å²) < 4.78 is 0. The third-order valence-electron chi connectivity index (χ3n) is 3.51. The van der Waals surface area contributed by atoms with E-state index in [2.05, 4.69) is 29.3 Å². The van der Waals surface area contributed by atoms with Crippen LogP contribution in [-0.4, -0.2) is 28.0 Å². The van der Waals surface area contributed by atoms with Gasteiger partial charge in [0.25, 0.3) is 5.91 Å². The van der Waals surface area contributed by atoms with Crippen molar-refractivity contribution in [2.24, 2.45) is 16.8 Å². The molecule has 1 amide bonds. The number of aromatic nitrogens is 1. The lowest BCUT2D eigenvalue weighted by molar-refractivity contribution is 0.0920. The number of nitrogens with one attached hydrogen (secondary N) is 1. The van der Waals surface area contributed by atoms with Crippen molar-refractivity contribution in [3.05, 3.63) is 29.6 Å². The summed E-state index contributed by atoms with van der Waals surface area (Å²) in [7, 11) is 0. The first-order valence-corrected chi connectivity index (χ1v) is 6.78. The standard InChI is InChI=1S/C14H22N4O2/c1-4-10(5-2)9(3)17-14(19)12-7-6-11(8-16-12)13(15)18-20/h6-10,20H,4-5H2,1-3H3,(H2,15,18)(H,17,19). The van der Waals surface area contributed by atoms with Crippen molar-refractivity contribution in [3.63, 3.8) is 0 Å². The van der Waals surface area contributed by atoms with E-state index in [-0.39, 0.29) is 17.8 Å². The number of nitrogens with zero attached hydrogens (tertiary/aromatic N) is 2. The van der Waals surface area contributed by atoms with Crippen LogP contribution in [0.5, 0.6) is 0 Å². The third kappa shape index (κ3) is 3.94. The van der Waals surface area contributed by atoms with Crippen molar-refractivity contribution in [1.82, 2.24) is 10.3 Å². The summed E-state index contributed by atoms with van der Waals surface area (Å²) in [5, 5.41) is 14.4. The molecule has 0 aliphatic rings. The van der Waals surface area contributed by atoms with Gasteiger partial charge in [0, 0.05) is 17.8 Å². The molecule has 0 radical (unpaired) electrons. The lowest BCUT2D eigenvalue weighted by Crippen LogP contribution is -2.38. The van der Waals surface area contributed by atoms with Gasteiger partial charge in [0.1, 0.15) is 5.69 Å². The van der Waals surface area contributed by atoms with Crippen LogP contribution in [0.2, 0.25) is 0 Å². The zero-order valence-electron chi connectivity index (χ0n) is 12.1. The van der Waals surface area contributed by atoms with Crippen molar-refractivity contribution < 1.29 is 10.0 Å². The highest BCUT2D eigenvalue weighted by Gasteiger charge is 2.17. The maximum atomic E-state index is 12.1. The summed E-state index contributed by atoms with van der Waals surface area (Å²) in [4.78, 5) is 16.1. The molecule has 4 N–H and O–H groups in total. The number of nitrogens with two attached hydrogens (primary N) is 1. The molecule has 0 saturated carbocycles. The molecule has 1 heterocycles. The minimum atomic E-state index is -0.213. The van der Waals surface area contributed by atoms with E-state index in [0.717, 1.165) is 12.8 Å². The number of rotatable bonds is 6. The molecule has 6 nitrogen and oxygen atoms in total. The van der Waals surface area contributed by atoms with E-state index in [4.69, 9.17) is 10.9 Å². The van der Waals surface area contributed by atoms with Gasteiger partial charge in [-0.15, -0.1) is 0 Å². The van der Waals surface area contributed by atoms with Crippen LogP contribution < -0.4 is 11.1 Å². The maximum absolute atomic E-state index is 12.1. The molecule has 1 rings (SSSR count). The van der Waals surface area contributed by atoms with E-state index >= 15 is 0 Å². The second-order valence-electron chi connectivity index (χ2n) is 4.76. The zero-order chi connectivity index (χ0) is 15.1. The molecule has 0 saturated heterocycles. The van der Waals surface area contributed by atoms with Gasteiger partial charge in [-0.1, -0.05) is 31.8 Å². The highest BCUT2D eigenvalue weighted by Crippen LogP contribution is 2.13. The smallest absolute Gasteiger partial charge is 0.270 e. The van der Waals surface area contributed by atoms with Crippen molar-refractivity contribution in [3.8, 4) is 0 Å². The van der Waals surface area contributed by atoms with Gasteiger partial charge in [-0.2, -0.15) is 0 Å². The van der Waals surface area contributed by atoms with Crippen LogP contribution in [-0.2, 0) is 0 Å². The quantitative estimate of drug-likeness (QED) is 0.319. The predicted molar refractivity (Wildman–Crippen MR) is 77.7 cm³/mol. The fourth-order valence-electron chi connectivity index (χ4n) is 2.13. The molecule has 1 aromatic rings. The van der Waals surface area contributed by atoms with Gasteiger partial charge in [-0.3, -0.25) is 9.78 Å². The van der Waals surface area contributed by atoms with Gasteiger partial charge in [-0.05, 0) is 25.0 Å². The molecule has 6 heteroatoms.